The summed E-state index contributed by atoms with van der Waals surface area (Å²) >= 11 is 3.36. The second-order valence-electron chi connectivity index (χ2n) is 3.58. The molecule has 0 saturated heterocycles. The predicted molar refractivity (Wildman–Crippen MR) is 68.2 cm³/mol. The lowest BCUT2D eigenvalue weighted by molar-refractivity contribution is -0.150. The first-order chi connectivity index (χ1) is 8.63. The summed E-state index contributed by atoms with van der Waals surface area (Å²) in [4.78, 5) is 11.2. The Bertz CT molecular complexity index is 551. The van der Waals surface area contributed by atoms with Gasteiger partial charge in [-0.15, -0.1) is 0 Å². The normalized spacial score (nSPS) is 12.2. The molecule has 0 aliphatic carbocycles. The van der Waals surface area contributed by atoms with E-state index in [1.807, 2.05) is 6.07 Å². The zero-order chi connectivity index (χ0) is 13.1. The number of carbonyl (C=O) groups is 1. The number of methoxy groups -OCH3 is 1. The van der Waals surface area contributed by atoms with Gasteiger partial charge in [0.2, 0.25) is 0 Å². The molecule has 5 nitrogen and oxygen atoms in total. The highest BCUT2D eigenvalue weighted by atomic mass is 79.9. The van der Waals surface area contributed by atoms with Crippen molar-refractivity contribution >= 4 is 21.9 Å². The second-order valence-corrected chi connectivity index (χ2v) is 4.40. The van der Waals surface area contributed by atoms with Crippen LogP contribution in [0, 0.1) is 0 Å². The molecule has 2 aromatic rings. The Balaban J connectivity index is 2.26. The summed E-state index contributed by atoms with van der Waals surface area (Å²) in [7, 11) is 1.24. The van der Waals surface area contributed by atoms with Gasteiger partial charge in [-0.05, 0) is 39.7 Å². The molecule has 0 aliphatic heterocycles. The summed E-state index contributed by atoms with van der Waals surface area (Å²) in [5.74, 6) is -0.678. The van der Waals surface area contributed by atoms with Gasteiger partial charge < -0.3 is 9.84 Å². The molecule has 1 atom stereocenters. The van der Waals surface area contributed by atoms with Crippen LogP contribution in [0.5, 0.6) is 0 Å². The molecule has 1 aromatic carbocycles. The number of halogens is 1. The van der Waals surface area contributed by atoms with Gasteiger partial charge in [0.25, 0.3) is 0 Å². The van der Waals surface area contributed by atoms with Crippen molar-refractivity contribution in [1.29, 1.82) is 0 Å². The lowest BCUT2D eigenvalue weighted by atomic mass is 10.1. The van der Waals surface area contributed by atoms with E-state index in [-0.39, 0.29) is 0 Å². The van der Waals surface area contributed by atoms with Gasteiger partial charge in [-0.25, -0.2) is 9.48 Å². The molecule has 0 amide bonds. The molecule has 1 heterocycles. The molecule has 1 aromatic heterocycles. The lowest BCUT2D eigenvalue weighted by Gasteiger charge is -2.09. The standard InChI is InChI=1S/C12H11BrN2O3/c1-18-12(17)11(16)8-2-4-9(5-3-8)15-10(13)6-7-14-15/h2-7,11,16H,1H3. The molecule has 0 aliphatic rings. The van der Waals surface area contributed by atoms with Gasteiger partial charge in [-0.3, -0.25) is 0 Å². The molecule has 6 heteroatoms. The Labute approximate surface area is 112 Å². The van der Waals surface area contributed by atoms with E-state index in [1.54, 1.807) is 35.1 Å². The van der Waals surface area contributed by atoms with E-state index in [0.29, 0.717) is 5.56 Å². The molecule has 0 saturated carbocycles. The van der Waals surface area contributed by atoms with Crippen molar-refractivity contribution in [2.75, 3.05) is 7.11 Å². The minimum atomic E-state index is -1.26. The zero-order valence-corrected chi connectivity index (χ0v) is 11.2. The highest BCUT2D eigenvalue weighted by molar-refractivity contribution is 9.10. The molecule has 1 N–H and O–H groups in total. The van der Waals surface area contributed by atoms with Crippen LogP contribution in [-0.4, -0.2) is 28.0 Å². The van der Waals surface area contributed by atoms with Crippen LogP contribution in [0.3, 0.4) is 0 Å². The molecule has 94 valence electrons. The fourth-order valence-electron chi connectivity index (χ4n) is 1.52. The van der Waals surface area contributed by atoms with E-state index in [9.17, 15) is 9.90 Å². The van der Waals surface area contributed by atoms with E-state index >= 15 is 0 Å². The van der Waals surface area contributed by atoms with Crippen LogP contribution in [0.25, 0.3) is 5.69 Å². The molecule has 2 rings (SSSR count). The van der Waals surface area contributed by atoms with Crippen LogP contribution in [0.1, 0.15) is 11.7 Å². The Kier molecular flexibility index (Phi) is 3.78. The van der Waals surface area contributed by atoms with Gasteiger partial charge in [0.1, 0.15) is 4.60 Å². The average Bonchev–Trinajstić information content (AvgIpc) is 2.83. The number of esters is 1. The number of aromatic nitrogens is 2. The predicted octanol–water partition coefficient (Wildman–Crippen LogP) is 1.84. The number of benzene rings is 1. The second kappa shape index (κ2) is 5.32. The first kappa shape index (κ1) is 12.8. The van der Waals surface area contributed by atoms with Crippen LogP contribution in [0.4, 0.5) is 0 Å². The first-order valence-electron chi connectivity index (χ1n) is 5.19. The van der Waals surface area contributed by atoms with E-state index in [0.717, 1.165) is 10.3 Å². The number of aliphatic hydroxyl groups excluding tert-OH is 1. The van der Waals surface area contributed by atoms with Crippen LogP contribution in [-0.2, 0) is 9.53 Å². The number of rotatable bonds is 3. The van der Waals surface area contributed by atoms with Crippen LogP contribution < -0.4 is 0 Å². The van der Waals surface area contributed by atoms with Crippen LogP contribution in [0.15, 0.2) is 41.1 Å². The zero-order valence-electron chi connectivity index (χ0n) is 9.58. The number of nitrogens with zero attached hydrogens (tertiary/aromatic N) is 2. The quantitative estimate of drug-likeness (QED) is 0.879. The van der Waals surface area contributed by atoms with Gasteiger partial charge in [0.15, 0.2) is 6.10 Å². The fourth-order valence-corrected chi connectivity index (χ4v) is 1.94. The van der Waals surface area contributed by atoms with Crippen molar-refractivity contribution in [1.82, 2.24) is 9.78 Å². The van der Waals surface area contributed by atoms with Crippen molar-refractivity contribution in [3.8, 4) is 5.69 Å². The third-order valence-electron chi connectivity index (χ3n) is 2.47. The number of ether oxygens (including phenoxy) is 1. The largest absolute Gasteiger partial charge is 0.467 e. The maximum atomic E-state index is 11.2. The highest BCUT2D eigenvalue weighted by Crippen LogP contribution is 2.19. The molecule has 0 bridgehead atoms. The van der Waals surface area contributed by atoms with E-state index < -0.39 is 12.1 Å². The minimum Gasteiger partial charge on any atom is -0.467 e. The Morgan fingerprint density at radius 2 is 2.06 bits per heavy atom. The smallest absolute Gasteiger partial charge is 0.339 e. The third kappa shape index (κ3) is 2.44. The Morgan fingerprint density at radius 3 is 2.56 bits per heavy atom. The SMILES string of the molecule is COC(=O)C(O)c1ccc(-n2nccc2Br)cc1. The molecular weight excluding hydrogens is 300 g/mol. The maximum Gasteiger partial charge on any atom is 0.339 e. The van der Waals surface area contributed by atoms with Crippen molar-refractivity contribution in [2.45, 2.75) is 6.10 Å². The maximum absolute atomic E-state index is 11.2. The van der Waals surface area contributed by atoms with Crippen LogP contribution >= 0.6 is 15.9 Å². The topological polar surface area (TPSA) is 64.3 Å². The Morgan fingerprint density at radius 1 is 1.39 bits per heavy atom. The van der Waals surface area contributed by atoms with Gasteiger partial charge in [0.05, 0.1) is 19.0 Å². The van der Waals surface area contributed by atoms with E-state index in [1.165, 1.54) is 7.11 Å². The average molecular weight is 311 g/mol. The third-order valence-corrected chi connectivity index (χ3v) is 3.07. The summed E-state index contributed by atoms with van der Waals surface area (Å²) in [6.07, 6.45) is 0.409. The molecular formula is C12H11BrN2O3. The number of hydrogen-bond acceptors (Lipinski definition) is 4. The molecule has 18 heavy (non-hydrogen) atoms. The highest BCUT2D eigenvalue weighted by Gasteiger charge is 2.17. The molecule has 1 unspecified atom stereocenters. The molecule has 0 spiro atoms. The van der Waals surface area contributed by atoms with E-state index in [2.05, 4.69) is 25.8 Å². The molecule has 0 fully saturated rings. The van der Waals surface area contributed by atoms with Crippen LogP contribution in [0.2, 0.25) is 0 Å². The van der Waals surface area contributed by atoms with Gasteiger partial charge in [-0.2, -0.15) is 5.10 Å². The van der Waals surface area contributed by atoms with Gasteiger partial charge in [0, 0.05) is 0 Å². The first-order valence-corrected chi connectivity index (χ1v) is 5.98. The summed E-state index contributed by atoms with van der Waals surface area (Å²) in [6.45, 7) is 0. The monoisotopic (exact) mass is 310 g/mol. The summed E-state index contributed by atoms with van der Waals surface area (Å²) < 4.78 is 6.99. The minimum absolute atomic E-state index is 0.480. The fraction of sp³-hybridized carbons (Fsp3) is 0.167. The number of hydrogen-bond donors (Lipinski definition) is 1. The van der Waals surface area contributed by atoms with E-state index in [4.69, 9.17) is 0 Å². The number of carbonyl (C=O) groups excluding carboxylic acids is 1. The molecule has 0 radical (unpaired) electrons. The van der Waals surface area contributed by atoms with Gasteiger partial charge in [-0.1, -0.05) is 12.1 Å². The van der Waals surface area contributed by atoms with Crippen molar-refractivity contribution < 1.29 is 14.6 Å². The summed E-state index contributed by atoms with van der Waals surface area (Å²) in [5.41, 5.74) is 1.31. The summed E-state index contributed by atoms with van der Waals surface area (Å²) in [5, 5.41) is 13.8. The van der Waals surface area contributed by atoms with Crippen molar-refractivity contribution in [2.24, 2.45) is 0 Å². The van der Waals surface area contributed by atoms with Crippen molar-refractivity contribution in [3.63, 3.8) is 0 Å². The Hall–Kier alpha value is -1.66. The lowest BCUT2D eigenvalue weighted by Crippen LogP contribution is -2.13. The van der Waals surface area contributed by atoms with Gasteiger partial charge >= 0.3 is 5.97 Å². The number of aliphatic hydroxyl groups is 1. The summed E-state index contributed by atoms with van der Waals surface area (Å²) in [6, 6.07) is 8.66. The van der Waals surface area contributed by atoms with Crippen molar-refractivity contribution in [3.05, 3.63) is 46.7 Å².